The molecule has 2 aromatic heterocycles. The van der Waals surface area contributed by atoms with Crippen LogP contribution in [0.3, 0.4) is 0 Å². The number of hydrogen-bond acceptors (Lipinski definition) is 6. The van der Waals surface area contributed by atoms with Gasteiger partial charge in [0.25, 0.3) is 5.91 Å². The number of alkyl halides is 3. The Balaban J connectivity index is 1.25. The van der Waals surface area contributed by atoms with E-state index in [2.05, 4.69) is 32.4 Å². The van der Waals surface area contributed by atoms with E-state index in [-0.39, 0.29) is 23.4 Å². The van der Waals surface area contributed by atoms with E-state index < -0.39 is 17.6 Å². The third kappa shape index (κ3) is 7.25. The number of benzene rings is 3. The highest BCUT2D eigenvalue weighted by Gasteiger charge is 2.34. The third-order valence-electron chi connectivity index (χ3n) is 8.17. The highest BCUT2D eigenvalue weighted by atomic mass is 19.4. The molecule has 0 saturated carbocycles. The SMILES string of the molecule is Cc1ccc(C(=O)Nc2ccc(CN3CCN(C)CC3)c(C(F)(F)F)c2)c(C#Cc2cnc3c(Nc4ccccc4N)cccn23)c1. The van der Waals surface area contributed by atoms with Crippen LogP contribution in [-0.2, 0) is 12.7 Å². The van der Waals surface area contributed by atoms with Crippen LogP contribution < -0.4 is 16.4 Å². The van der Waals surface area contributed by atoms with Crippen molar-refractivity contribution in [2.45, 2.75) is 19.6 Å². The Kier molecular flexibility index (Phi) is 8.89. The van der Waals surface area contributed by atoms with Gasteiger partial charge in [-0.3, -0.25) is 14.1 Å². The molecule has 5 aromatic rings. The molecule has 1 aliphatic heterocycles. The number of hydrogen-bond donors (Lipinski definition) is 3. The number of anilines is 4. The van der Waals surface area contributed by atoms with E-state index in [0.717, 1.165) is 36.1 Å². The summed E-state index contributed by atoms with van der Waals surface area (Å²) in [6, 6.07) is 20.3. The number of nitrogen functional groups attached to an aromatic ring is 1. The lowest BCUT2D eigenvalue weighted by Gasteiger charge is -2.33. The maximum Gasteiger partial charge on any atom is 0.416 e. The van der Waals surface area contributed by atoms with Crippen molar-refractivity contribution in [3.8, 4) is 11.8 Å². The summed E-state index contributed by atoms with van der Waals surface area (Å²) in [5.74, 6) is 5.64. The van der Waals surface area contributed by atoms with Crippen LogP contribution >= 0.6 is 0 Å². The second-order valence-corrected chi connectivity index (χ2v) is 11.7. The van der Waals surface area contributed by atoms with Gasteiger partial charge in [0, 0.05) is 50.2 Å². The molecular formula is C36H34F3N7O. The summed E-state index contributed by atoms with van der Waals surface area (Å²) >= 11 is 0. The zero-order chi connectivity index (χ0) is 33.1. The van der Waals surface area contributed by atoms with Gasteiger partial charge in [-0.25, -0.2) is 4.98 Å². The third-order valence-corrected chi connectivity index (χ3v) is 8.17. The van der Waals surface area contributed by atoms with Gasteiger partial charge in [-0.15, -0.1) is 0 Å². The number of rotatable bonds is 6. The number of para-hydroxylation sites is 2. The predicted molar refractivity (Wildman–Crippen MR) is 179 cm³/mol. The number of amides is 1. The van der Waals surface area contributed by atoms with E-state index in [1.165, 1.54) is 12.1 Å². The number of imidazole rings is 1. The molecule has 3 aromatic carbocycles. The van der Waals surface area contributed by atoms with Crippen molar-refractivity contribution < 1.29 is 18.0 Å². The van der Waals surface area contributed by atoms with E-state index in [4.69, 9.17) is 5.73 Å². The average Bonchev–Trinajstić information content (AvgIpc) is 3.46. The molecule has 47 heavy (non-hydrogen) atoms. The number of pyridine rings is 1. The lowest BCUT2D eigenvalue weighted by atomic mass is 10.0. The van der Waals surface area contributed by atoms with Crippen molar-refractivity contribution in [3.63, 3.8) is 0 Å². The number of nitrogens with two attached hydrogens (primary N) is 1. The number of likely N-dealkylation sites (N-methyl/N-ethyl adjacent to an activating group) is 1. The summed E-state index contributed by atoms with van der Waals surface area (Å²) in [6.45, 7) is 5.06. The normalized spacial score (nSPS) is 14.1. The standard InChI is InChI=1S/C36H34F3N7O/c1-24-9-14-29(35(47)42-27-12-10-26(30(21-27)36(37,38)39)23-45-18-16-44(2)17-19-45)25(20-24)11-13-28-22-41-34-33(8-5-15-46(28)34)43-32-7-4-3-6-31(32)40/h3-10,12,14-15,20-22,43H,16-19,23,40H2,1-2H3,(H,42,47). The molecule has 240 valence electrons. The van der Waals surface area contributed by atoms with Gasteiger partial charge < -0.3 is 21.3 Å². The van der Waals surface area contributed by atoms with Crippen LogP contribution in [0.25, 0.3) is 5.65 Å². The first-order chi connectivity index (χ1) is 22.5. The fraction of sp³-hybridized carbons (Fsp3) is 0.222. The van der Waals surface area contributed by atoms with Crippen LogP contribution in [-0.4, -0.2) is 58.3 Å². The first-order valence-corrected chi connectivity index (χ1v) is 15.2. The number of piperazine rings is 1. The number of halogens is 3. The van der Waals surface area contributed by atoms with Crippen molar-refractivity contribution >= 4 is 34.3 Å². The van der Waals surface area contributed by atoms with Crippen molar-refractivity contribution in [1.82, 2.24) is 19.2 Å². The molecule has 0 unspecified atom stereocenters. The molecule has 0 atom stereocenters. The summed E-state index contributed by atoms with van der Waals surface area (Å²) in [4.78, 5) is 22.2. The largest absolute Gasteiger partial charge is 0.416 e. The first kappa shape index (κ1) is 31.7. The van der Waals surface area contributed by atoms with Crippen LogP contribution in [0.5, 0.6) is 0 Å². The molecule has 0 bridgehead atoms. The first-order valence-electron chi connectivity index (χ1n) is 15.2. The predicted octanol–water partition coefficient (Wildman–Crippen LogP) is 6.39. The summed E-state index contributed by atoms with van der Waals surface area (Å²) in [5.41, 5.74) is 10.5. The summed E-state index contributed by atoms with van der Waals surface area (Å²) < 4.78 is 44.2. The zero-order valence-corrected chi connectivity index (χ0v) is 26.0. The van der Waals surface area contributed by atoms with Crippen LogP contribution in [0.4, 0.5) is 35.9 Å². The number of fused-ring (bicyclic) bond motifs is 1. The number of carbonyl (C=O) groups excluding carboxylic acids is 1. The molecule has 4 N–H and O–H groups in total. The molecular weight excluding hydrogens is 603 g/mol. The van der Waals surface area contributed by atoms with E-state index in [0.29, 0.717) is 35.7 Å². The minimum atomic E-state index is -4.57. The van der Waals surface area contributed by atoms with Gasteiger partial charge in [-0.05, 0) is 79.5 Å². The molecule has 1 amide bonds. The van der Waals surface area contributed by atoms with Gasteiger partial charge in [0.05, 0.1) is 34.4 Å². The molecule has 0 radical (unpaired) electrons. The topological polar surface area (TPSA) is 90.9 Å². The Bertz CT molecular complexity index is 2000. The van der Waals surface area contributed by atoms with E-state index >= 15 is 0 Å². The van der Waals surface area contributed by atoms with Gasteiger partial charge >= 0.3 is 6.18 Å². The van der Waals surface area contributed by atoms with Gasteiger partial charge in [0.15, 0.2) is 5.65 Å². The van der Waals surface area contributed by atoms with Gasteiger partial charge in [-0.1, -0.05) is 30.2 Å². The fourth-order valence-electron chi connectivity index (χ4n) is 5.55. The molecule has 0 aliphatic carbocycles. The Morgan fingerprint density at radius 2 is 1.72 bits per heavy atom. The highest BCUT2D eigenvalue weighted by molar-refractivity contribution is 6.06. The summed E-state index contributed by atoms with van der Waals surface area (Å²) in [5, 5.41) is 5.97. The maximum absolute atomic E-state index is 14.1. The highest BCUT2D eigenvalue weighted by Crippen LogP contribution is 2.35. The van der Waals surface area contributed by atoms with Crippen LogP contribution in [0.15, 0.2) is 85.2 Å². The number of nitrogens with one attached hydrogen (secondary N) is 2. The summed E-state index contributed by atoms with van der Waals surface area (Å²) in [6.07, 6.45) is -1.10. The minimum absolute atomic E-state index is 0.0600. The second kappa shape index (κ2) is 13.2. The fourth-order valence-corrected chi connectivity index (χ4v) is 5.55. The smallest absolute Gasteiger partial charge is 0.397 e. The van der Waals surface area contributed by atoms with Crippen LogP contribution in [0.1, 0.15) is 38.3 Å². The average molecular weight is 638 g/mol. The van der Waals surface area contributed by atoms with Gasteiger partial charge in [0.2, 0.25) is 0 Å². The number of carbonyl (C=O) groups is 1. The van der Waals surface area contributed by atoms with Crippen LogP contribution in [0, 0.1) is 18.8 Å². The minimum Gasteiger partial charge on any atom is -0.397 e. The lowest BCUT2D eigenvalue weighted by molar-refractivity contribution is -0.138. The second-order valence-electron chi connectivity index (χ2n) is 11.7. The Hall–Kier alpha value is -5.31. The number of nitrogens with zero attached hydrogens (tertiary/aromatic N) is 4. The number of aromatic nitrogens is 2. The van der Waals surface area contributed by atoms with Crippen molar-refractivity contribution in [3.05, 3.63) is 119 Å². The van der Waals surface area contributed by atoms with E-state index in [9.17, 15) is 18.0 Å². The summed E-state index contributed by atoms with van der Waals surface area (Å²) in [7, 11) is 2.00. The van der Waals surface area contributed by atoms with Gasteiger partial charge in [-0.2, -0.15) is 13.2 Å². The quantitative estimate of drug-likeness (QED) is 0.148. The molecule has 1 fully saturated rings. The zero-order valence-electron chi connectivity index (χ0n) is 26.0. The van der Waals surface area contributed by atoms with Crippen molar-refractivity contribution in [2.24, 2.45) is 0 Å². The molecule has 1 saturated heterocycles. The Morgan fingerprint density at radius 3 is 2.49 bits per heavy atom. The lowest BCUT2D eigenvalue weighted by Crippen LogP contribution is -2.44. The molecule has 3 heterocycles. The molecule has 0 spiro atoms. The molecule has 6 rings (SSSR count). The maximum atomic E-state index is 14.1. The number of aryl methyl sites for hydroxylation is 1. The Morgan fingerprint density at radius 1 is 0.957 bits per heavy atom. The molecule has 11 heteroatoms. The van der Waals surface area contributed by atoms with Gasteiger partial charge in [0.1, 0.15) is 5.69 Å². The monoisotopic (exact) mass is 637 g/mol. The van der Waals surface area contributed by atoms with Crippen molar-refractivity contribution in [1.29, 1.82) is 0 Å². The van der Waals surface area contributed by atoms with Crippen molar-refractivity contribution in [2.75, 3.05) is 49.6 Å². The van der Waals surface area contributed by atoms with E-state index in [1.807, 2.05) is 59.8 Å². The molecule has 8 nitrogen and oxygen atoms in total. The molecule has 1 aliphatic rings. The Labute approximate surface area is 271 Å². The van der Waals surface area contributed by atoms with Crippen LogP contribution in [0.2, 0.25) is 0 Å². The van der Waals surface area contributed by atoms with E-state index in [1.54, 1.807) is 30.5 Å².